The molecule has 0 saturated carbocycles. The fourth-order valence-corrected chi connectivity index (χ4v) is 3.71. The Labute approximate surface area is 120 Å². The van der Waals surface area contributed by atoms with Gasteiger partial charge in [0.2, 0.25) is 5.52 Å². The Kier molecular flexibility index (Phi) is 2.61. The smallest absolute Gasteiger partial charge is 0.300 e. The van der Waals surface area contributed by atoms with Crippen LogP contribution in [0.4, 0.5) is 11.4 Å². The lowest BCUT2D eigenvalue weighted by Gasteiger charge is -2.26. The van der Waals surface area contributed by atoms with Crippen LogP contribution in [-0.4, -0.2) is 40.9 Å². The Morgan fingerprint density at radius 1 is 1.38 bits per heavy atom. The fourth-order valence-electron chi connectivity index (χ4n) is 3.71. The molecule has 21 heavy (non-hydrogen) atoms. The van der Waals surface area contributed by atoms with Gasteiger partial charge >= 0.3 is 5.69 Å². The van der Waals surface area contributed by atoms with E-state index in [0.29, 0.717) is 23.4 Å². The predicted molar refractivity (Wildman–Crippen MR) is 75.1 cm³/mol. The van der Waals surface area contributed by atoms with E-state index in [1.807, 2.05) is 0 Å². The molecule has 1 N–H and O–H groups in total. The van der Waals surface area contributed by atoms with Crippen LogP contribution < -0.4 is 10.2 Å². The Balaban J connectivity index is 1.80. The molecule has 2 aromatic rings. The number of nitro groups is 1. The third kappa shape index (κ3) is 1.72. The molecule has 110 valence electrons. The van der Waals surface area contributed by atoms with Crippen molar-refractivity contribution in [3.63, 3.8) is 0 Å². The SMILES string of the molecule is CC1C2CNCC2CN1c1ccc([N+](=O)[O-])c2nonc12. The highest BCUT2D eigenvalue weighted by Crippen LogP contribution is 2.39. The molecule has 0 spiro atoms. The number of nitrogens with zero attached hydrogens (tertiary/aromatic N) is 4. The summed E-state index contributed by atoms with van der Waals surface area (Å²) in [6.45, 7) is 5.17. The molecule has 4 rings (SSSR count). The quantitative estimate of drug-likeness (QED) is 0.654. The van der Waals surface area contributed by atoms with Crippen molar-refractivity contribution in [2.24, 2.45) is 11.8 Å². The van der Waals surface area contributed by atoms with Gasteiger partial charge in [0, 0.05) is 31.7 Å². The summed E-state index contributed by atoms with van der Waals surface area (Å²) >= 11 is 0. The van der Waals surface area contributed by atoms with Gasteiger partial charge < -0.3 is 10.2 Å². The maximum atomic E-state index is 11.0. The van der Waals surface area contributed by atoms with Gasteiger partial charge in [0.15, 0.2) is 5.52 Å². The molecule has 0 radical (unpaired) electrons. The summed E-state index contributed by atoms with van der Waals surface area (Å²) in [7, 11) is 0. The van der Waals surface area contributed by atoms with Crippen LogP contribution in [0.2, 0.25) is 0 Å². The first-order valence-corrected chi connectivity index (χ1v) is 7.04. The third-order valence-corrected chi connectivity index (χ3v) is 4.81. The lowest BCUT2D eigenvalue weighted by atomic mass is 9.95. The highest BCUT2D eigenvalue weighted by Gasteiger charge is 2.42. The molecule has 1 aromatic heterocycles. The fraction of sp³-hybridized carbons (Fsp3) is 0.538. The molecule has 0 bridgehead atoms. The van der Waals surface area contributed by atoms with Gasteiger partial charge in [-0.3, -0.25) is 10.1 Å². The van der Waals surface area contributed by atoms with Crippen molar-refractivity contribution < 1.29 is 9.55 Å². The average molecular weight is 289 g/mol. The molecule has 3 unspecified atom stereocenters. The van der Waals surface area contributed by atoms with E-state index in [1.54, 1.807) is 6.07 Å². The maximum absolute atomic E-state index is 11.0. The van der Waals surface area contributed by atoms with Gasteiger partial charge in [0.1, 0.15) is 0 Å². The van der Waals surface area contributed by atoms with Crippen molar-refractivity contribution >= 4 is 22.4 Å². The second kappa shape index (κ2) is 4.39. The lowest BCUT2D eigenvalue weighted by molar-refractivity contribution is -0.383. The summed E-state index contributed by atoms with van der Waals surface area (Å²) < 4.78 is 4.74. The largest absolute Gasteiger partial charge is 0.366 e. The number of benzene rings is 1. The highest BCUT2D eigenvalue weighted by atomic mass is 16.6. The van der Waals surface area contributed by atoms with Crippen LogP contribution >= 0.6 is 0 Å². The Hall–Kier alpha value is -2.22. The van der Waals surface area contributed by atoms with Crippen LogP contribution in [0, 0.1) is 22.0 Å². The first kappa shape index (κ1) is 12.5. The molecule has 0 amide bonds. The zero-order valence-electron chi connectivity index (χ0n) is 11.5. The van der Waals surface area contributed by atoms with Gasteiger partial charge in [0.25, 0.3) is 0 Å². The van der Waals surface area contributed by atoms with Crippen LogP contribution in [-0.2, 0) is 0 Å². The van der Waals surface area contributed by atoms with E-state index in [0.717, 1.165) is 25.3 Å². The normalized spacial score (nSPS) is 28.2. The van der Waals surface area contributed by atoms with Gasteiger partial charge in [-0.1, -0.05) is 0 Å². The number of anilines is 1. The molecular formula is C13H15N5O3. The van der Waals surface area contributed by atoms with Crippen LogP contribution in [0.5, 0.6) is 0 Å². The highest BCUT2D eigenvalue weighted by molar-refractivity contribution is 5.94. The van der Waals surface area contributed by atoms with E-state index in [2.05, 4.69) is 27.5 Å². The summed E-state index contributed by atoms with van der Waals surface area (Å²) in [4.78, 5) is 12.9. The molecule has 3 atom stereocenters. The Morgan fingerprint density at radius 2 is 2.19 bits per heavy atom. The Bertz CT molecular complexity index is 715. The summed E-state index contributed by atoms with van der Waals surface area (Å²) in [5.41, 5.74) is 1.51. The minimum absolute atomic E-state index is 0.0660. The van der Waals surface area contributed by atoms with Crippen LogP contribution in [0.3, 0.4) is 0 Å². The van der Waals surface area contributed by atoms with Crippen LogP contribution in [0.1, 0.15) is 6.92 Å². The van der Waals surface area contributed by atoms with E-state index in [4.69, 9.17) is 4.63 Å². The molecule has 2 saturated heterocycles. The number of fused-ring (bicyclic) bond motifs is 2. The third-order valence-electron chi connectivity index (χ3n) is 4.81. The number of hydrogen-bond donors (Lipinski definition) is 1. The second-order valence-corrected chi connectivity index (χ2v) is 5.80. The lowest BCUT2D eigenvalue weighted by Crippen LogP contribution is -2.33. The van der Waals surface area contributed by atoms with Gasteiger partial charge in [0.05, 0.1) is 10.6 Å². The molecule has 2 aliphatic heterocycles. The average Bonchev–Trinajstić information content (AvgIpc) is 3.15. The maximum Gasteiger partial charge on any atom is 0.300 e. The number of non-ortho nitro benzene ring substituents is 1. The second-order valence-electron chi connectivity index (χ2n) is 5.80. The van der Waals surface area contributed by atoms with Crippen molar-refractivity contribution in [3.8, 4) is 0 Å². The molecule has 2 fully saturated rings. The molecule has 1 aromatic carbocycles. The van der Waals surface area contributed by atoms with Crippen molar-refractivity contribution in [1.29, 1.82) is 0 Å². The van der Waals surface area contributed by atoms with Gasteiger partial charge in [-0.2, -0.15) is 0 Å². The van der Waals surface area contributed by atoms with Crippen molar-refractivity contribution in [3.05, 3.63) is 22.2 Å². The van der Waals surface area contributed by atoms with Gasteiger partial charge in [-0.15, -0.1) is 0 Å². The van der Waals surface area contributed by atoms with E-state index < -0.39 is 4.92 Å². The molecule has 0 aliphatic carbocycles. The number of rotatable bonds is 2. The van der Waals surface area contributed by atoms with Crippen molar-refractivity contribution in [2.45, 2.75) is 13.0 Å². The standard InChI is InChI=1S/C13H15N5O3/c1-7-9-5-14-4-8(9)6-17(7)10-2-3-11(18(19)20)13-12(10)15-21-16-13/h2-3,7-9,14H,4-6H2,1H3. The van der Waals surface area contributed by atoms with E-state index in [-0.39, 0.29) is 11.2 Å². The topological polar surface area (TPSA) is 97.3 Å². The summed E-state index contributed by atoms with van der Waals surface area (Å²) in [6.07, 6.45) is 0. The van der Waals surface area contributed by atoms with Crippen LogP contribution in [0.25, 0.3) is 11.0 Å². The van der Waals surface area contributed by atoms with E-state index in [9.17, 15) is 10.1 Å². The minimum atomic E-state index is -0.456. The summed E-state index contributed by atoms with van der Waals surface area (Å²) in [6, 6.07) is 3.61. The monoisotopic (exact) mass is 289 g/mol. The van der Waals surface area contributed by atoms with Gasteiger partial charge in [-0.25, -0.2) is 4.63 Å². The van der Waals surface area contributed by atoms with E-state index in [1.165, 1.54) is 6.07 Å². The van der Waals surface area contributed by atoms with Gasteiger partial charge in [-0.05, 0) is 35.1 Å². The molecular weight excluding hydrogens is 274 g/mol. The summed E-state index contributed by atoms with van der Waals surface area (Å²) in [5, 5.41) is 22.1. The molecule has 3 heterocycles. The first-order chi connectivity index (χ1) is 10.2. The summed E-state index contributed by atoms with van der Waals surface area (Å²) in [5.74, 6) is 1.22. The van der Waals surface area contributed by atoms with Crippen molar-refractivity contribution in [1.82, 2.24) is 15.6 Å². The zero-order chi connectivity index (χ0) is 14.6. The predicted octanol–water partition coefficient (Wildman–Crippen LogP) is 1.18. The van der Waals surface area contributed by atoms with E-state index >= 15 is 0 Å². The van der Waals surface area contributed by atoms with Crippen LogP contribution in [0.15, 0.2) is 16.8 Å². The van der Waals surface area contributed by atoms with Crippen molar-refractivity contribution in [2.75, 3.05) is 24.5 Å². The Morgan fingerprint density at radius 3 is 2.95 bits per heavy atom. The number of hydrogen-bond acceptors (Lipinski definition) is 7. The number of nitro benzene ring substituents is 1. The number of aromatic nitrogens is 2. The number of nitrogens with one attached hydrogen (secondary N) is 1. The molecule has 2 aliphatic rings. The minimum Gasteiger partial charge on any atom is -0.366 e. The first-order valence-electron chi connectivity index (χ1n) is 7.04. The molecule has 8 nitrogen and oxygen atoms in total. The molecule has 8 heteroatoms. The zero-order valence-corrected chi connectivity index (χ0v) is 11.5.